The monoisotopic (exact) mass is 309 g/mol. The lowest BCUT2D eigenvalue weighted by molar-refractivity contribution is 0.282. The van der Waals surface area contributed by atoms with Crippen LogP contribution in [0.3, 0.4) is 0 Å². The van der Waals surface area contributed by atoms with Gasteiger partial charge in [0.15, 0.2) is 0 Å². The summed E-state index contributed by atoms with van der Waals surface area (Å²) in [4.78, 5) is -0.0607. The van der Waals surface area contributed by atoms with Crippen LogP contribution in [0.2, 0.25) is 0 Å². The average Bonchev–Trinajstić information content (AvgIpc) is 2.48. The van der Waals surface area contributed by atoms with Crippen LogP contribution in [0.4, 0.5) is 4.39 Å². The highest BCUT2D eigenvalue weighted by atomic mass is 32.2. The molecule has 0 saturated heterocycles. The van der Waals surface area contributed by atoms with Crippen LogP contribution in [-0.2, 0) is 23.2 Å². The number of hydrogen-bond donors (Lipinski definition) is 2. The third-order valence-electron chi connectivity index (χ3n) is 3.11. The maximum atomic E-state index is 13.2. The third-order valence-corrected chi connectivity index (χ3v) is 4.65. The second-order valence-corrected chi connectivity index (χ2v) is 6.44. The van der Waals surface area contributed by atoms with Gasteiger partial charge in [-0.25, -0.2) is 17.5 Å². The molecule has 2 N–H and O–H groups in total. The largest absolute Gasteiger partial charge is 0.392 e. The lowest BCUT2D eigenvalue weighted by Crippen LogP contribution is -2.24. The molecule has 2 aromatic rings. The number of aliphatic hydroxyl groups excluding tert-OH is 1. The summed E-state index contributed by atoms with van der Waals surface area (Å²) < 4.78 is 40.0. The Bertz CT molecular complexity index is 727. The molecule has 2 rings (SSSR count). The Morgan fingerprint density at radius 3 is 2.33 bits per heavy atom. The lowest BCUT2D eigenvalue weighted by atomic mass is 10.1. The number of sulfonamides is 1. The summed E-state index contributed by atoms with van der Waals surface area (Å²) in [6.07, 6.45) is 0. The van der Waals surface area contributed by atoms with E-state index in [1.807, 2.05) is 0 Å². The molecule has 21 heavy (non-hydrogen) atoms. The van der Waals surface area contributed by atoms with Crippen LogP contribution in [0.1, 0.15) is 16.7 Å². The Morgan fingerprint density at radius 1 is 1.10 bits per heavy atom. The van der Waals surface area contributed by atoms with E-state index in [0.29, 0.717) is 5.56 Å². The van der Waals surface area contributed by atoms with Crippen molar-refractivity contribution >= 4 is 10.0 Å². The van der Waals surface area contributed by atoms with Gasteiger partial charge in [0.2, 0.25) is 10.0 Å². The number of halogens is 1. The molecule has 0 aliphatic carbocycles. The number of hydrogen-bond acceptors (Lipinski definition) is 3. The smallest absolute Gasteiger partial charge is 0.241 e. The standard InChI is InChI=1S/C15H16FNO3S/c1-11-2-7-14(16)8-15(11)21(19,20)17-9-12-3-5-13(10-18)6-4-12/h2-8,17-18H,9-10H2,1H3. The van der Waals surface area contributed by atoms with Gasteiger partial charge in [0, 0.05) is 6.54 Å². The first-order valence-corrected chi connectivity index (χ1v) is 7.85. The fourth-order valence-electron chi connectivity index (χ4n) is 1.88. The van der Waals surface area contributed by atoms with Crippen molar-refractivity contribution in [2.45, 2.75) is 25.0 Å². The topological polar surface area (TPSA) is 66.4 Å². The second kappa shape index (κ2) is 6.34. The maximum absolute atomic E-state index is 13.2. The van der Waals surface area contributed by atoms with E-state index in [4.69, 9.17) is 5.11 Å². The van der Waals surface area contributed by atoms with E-state index in [1.54, 1.807) is 31.2 Å². The van der Waals surface area contributed by atoms with Gasteiger partial charge in [0.05, 0.1) is 11.5 Å². The molecule has 0 saturated carbocycles. The molecule has 0 fully saturated rings. The zero-order chi connectivity index (χ0) is 15.5. The summed E-state index contributed by atoms with van der Waals surface area (Å²) in [6.45, 7) is 1.66. The Kier molecular flexibility index (Phi) is 4.72. The van der Waals surface area contributed by atoms with Crippen LogP contribution >= 0.6 is 0 Å². The molecule has 0 atom stereocenters. The average molecular weight is 309 g/mol. The van der Waals surface area contributed by atoms with Crippen LogP contribution in [-0.4, -0.2) is 13.5 Å². The minimum Gasteiger partial charge on any atom is -0.392 e. The molecular formula is C15H16FNO3S. The van der Waals surface area contributed by atoms with Crippen molar-refractivity contribution < 1.29 is 17.9 Å². The van der Waals surface area contributed by atoms with E-state index < -0.39 is 15.8 Å². The van der Waals surface area contributed by atoms with Gasteiger partial charge in [-0.1, -0.05) is 30.3 Å². The molecule has 0 amide bonds. The van der Waals surface area contributed by atoms with Crippen molar-refractivity contribution in [2.75, 3.05) is 0 Å². The fourth-order valence-corrected chi connectivity index (χ4v) is 3.15. The van der Waals surface area contributed by atoms with Gasteiger partial charge in [0.1, 0.15) is 5.82 Å². The van der Waals surface area contributed by atoms with Crippen molar-refractivity contribution in [3.8, 4) is 0 Å². The summed E-state index contributed by atoms with van der Waals surface area (Å²) in [5.41, 5.74) is 1.99. The second-order valence-electron chi connectivity index (χ2n) is 4.71. The van der Waals surface area contributed by atoms with Crippen molar-refractivity contribution in [2.24, 2.45) is 0 Å². The first-order chi connectivity index (χ1) is 9.92. The quantitative estimate of drug-likeness (QED) is 0.889. The first kappa shape index (κ1) is 15.6. The first-order valence-electron chi connectivity index (χ1n) is 6.37. The van der Waals surface area contributed by atoms with Crippen LogP contribution in [0, 0.1) is 12.7 Å². The normalized spacial score (nSPS) is 11.6. The van der Waals surface area contributed by atoms with Gasteiger partial charge in [0.25, 0.3) is 0 Å². The van der Waals surface area contributed by atoms with Gasteiger partial charge >= 0.3 is 0 Å². The molecule has 0 aliphatic rings. The van der Waals surface area contributed by atoms with E-state index in [-0.39, 0.29) is 18.0 Å². The minimum atomic E-state index is -3.77. The van der Waals surface area contributed by atoms with E-state index in [2.05, 4.69) is 4.72 Å². The molecule has 6 heteroatoms. The van der Waals surface area contributed by atoms with Crippen LogP contribution in [0.5, 0.6) is 0 Å². The summed E-state index contributed by atoms with van der Waals surface area (Å²) in [6, 6.07) is 10.6. The number of nitrogens with one attached hydrogen (secondary N) is 1. The van der Waals surface area contributed by atoms with E-state index in [1.165, 1.54) is 12.1 Å². The number of rotatable bonds is 5. The van der Waals surface area contributed by atoms with Gasteiger partial charge in [-0.05, 0) is 35.7 Å². The van der Waals surface area contributed by atoms with Crippen molar-refractivity contribution in [3.05, 3.63) is 65.0 Å². The van der Waals surface area contributed by atoms with E-state index in [0.717, 1.165) is 17.2 Å². The molecule has 0 unspecified atom stereocenters. The molecule has 0 heterocycles. The molecule has 2 aromatic carbocycles. The molecule has 0 aliphatic heterocycles. The van der Waals surface area contributed by atoms with Gasteiger partial charge in [-0.2, -0.15) is 0 Å². The van der Waals surface area contributed by atoms with Crippen molar-refractivity contribution in [3.63, 3.8) is 0 Å². The number of aliphatic hydroxyl groups is 1. The van der Waals surface area contributed by atoms with Gasteiger partial charge < -0.3 is 5.11 Å². The molecule has 112 valence electrons. The zero-order valence-corrected chi connectivity index (χ0v) is 12.3. The predicted molar refractivity (Wildman–Crippen MR) is 77.5 cm³/mol. The van der Waals surface area contributed by atoms with E-state index in [9.17, 15) is 12.8 Å². The van der Waals surface area contributed by atoms with Gasteiger partial charge in [-0.15, -0.1) is 0 Å². The maximum Gasteiger partial charge on any atom is 0.241 e. The van der Waals surface area contributed by atoms with Crippen LogP contribution < -0.4 is 4.72 Å². The predicted octanol–water partition coefficient (Wildman–Crippen LogP) is 2.10. The highest BCUT2D eigenvalue weighted by Crippen LogP contribution is 2.16. The van der Waals surface area contributed by atoms with E-state index >= 15 is 0 Å². The Morgan fingerprint density at radius 2 is 1.71 bits per heavy atom. The molecule has 0 spiro atoms. The van der Waals surface area contributed by atoms with Crippen molar-refractivity contribution in [1.29, 1.82) is 0 Å². The minimum absolute atomic E-state index is 0.0607. The number of aryl methyl sites for hydroxylation is 1. The summed E-state index contributed by atoms with van der Waals surface area (Å²) >= 11 is 0. The zero-order valence-electron chi connectivity index (χ0n) is 11.5. The fraction of sp³-hybridized carbons (Fsp3) is 0.200. The molecular weight excluding hydrogens is 293 g/mol. The highest BCUT2D eigenvalue weighted by molar-refractivity contribution is 7.89. The highest BCUT2D eigenvalue weighted by Gasteiger charge is 2.17. The number of benzene rings is 2. The SMILES string of the molecule is Cc1ccc(F)cc1S(=O)(=O)NCc1ccc(CO)cc1. The third kappa shape index (κ3) is 3.87. The molecule has 0 aromatic heterocycles. The van der Waals surface area contributed by atoms with Crippen LogP contribution in [0.25, 0.3) is 0 Å². The van der Waals surface area contributed by atoms with Crippen molar-refractivity contribution in [1.82, 2.24) is 4.72 Å². The summed E-state index contributed by atoms with van der Waals surface area (Å²) in [7, 11) is -3.77. The molecule has 0 radical (unpaired) electrons. The summed E-state index contributed by atoms with van der Waals surface area (Å²) in [5, 5.41) is 8.95. The Balaban J connectivity index is 2.15. The Hall–Kier alpha value is -1.76. The van der Waals surface area contributed by atoms with Crippen LogP contribution in [0.15, 0.2) is 47.4 Å². The molecule has 4 nitrogen and oxygen atoms in total. The lowest BCUT2D eigenvalue weighted by Gasteiger charge is -2.10. The molecule has 0 bridgehead atoms. The Labute approximate surface area is 123 Å². The summed E-state index contributed by atoms with van der Waals surface area (Å²) in [5.74, 6) is -0.590. The van der Waals surface area contributed by atoms with Gasteiger partial charge in [-0.3, -0.25) is 0 Å².